The molecule has 0 spiro atoms. The van der Waals surface area contributed by atoms with Crippen LogP contribution in [-0.4, -0.2) is 30.0 Å². The van der Waals surface area contributed by atoms with Gasteiger partial charge >= 0.3 is 0 Å². The summed E-state index contributed by atoms with van der Waals surface area (Å²) in [6, 6.07) is 10.3. The number of fused-ring (bicyclic) bond motifs is 1. The Hall–Kier alpha value is -1.68. The monoisotopic (exact) mass is 343 g/mol. The van der Waals surface area contributed by atoms with Crippen molar-refractivity contribution in [2.75, 3.05) is 13.6 Å². The van der Waals surface area contributed by atoms with Crippen LogP contribution in [0.5, 0.6) is 0 Å². The van der Waals surface area contributed by atoms with E-state index in [0.29, 0.717) is 17.3 Å². The molecule has 2 unspecified atom stereocenters. The van der Waals surface area contributed by atoms with Gasteiger partial charge in [-0.15, -0.1) is 0 Å². The maximum Gasteiger partial charge on any atom is 0.122 e. The molecule has 21 heavy (non-hydrogen) atoms. The van der Waals surface area contributed by atoms with Gasteiger partial charge in [0.1, 0.15) is 5.84 Å². The molecule has 0 amide bonds. The fourth-order valence-corrected chi connectivity index (χ4v) is 2.98. The van der Waals surface area contributed by atoms with Crippen LogP contribution in [0.25, 0.3) is 0 Å². The van der Waals surface area contributed by atoms with Gasteiger partial charge < -0.3 is 5.32 Å². The minimum absolute atomic E-state index is 0.326. The maximum absolute atomic E-state index is 4.78. The van der Waals surface area contributed by atoms with Crippen LogP contribution in [0, 0.1) is 5.92 Å². The van der Waals surface area contributed by atoms with E-state index in [1.807, 2.05) is 18.2 Å². The minimum atomic E-state index is 0.326. The Balaban J connectivity index is 2.11. The second-order valence-electron chi connectivity index (χ2n) is 5.29. The molecule has 0 radical (unpaired) electrons. The number of rotatable bonds is 1. The second kappa shape index (κ2) is 5.98. The van der Waals surface area contributed by atoms with E-state index in [1.54, 1.807) is 7.05 Å². The highest BCUT2D eigenvalue weighted by atomic mass is 79.9. The van der Waals surface area contributed by atoms with Crippen molar-refractivity contribution in [3.8, 4) is 0 Å². The van der Waals surface area contributed by atoms with Gasteiger partial charge in [-0.3, -0.25) is 9.98 Å². The van der Waals surface area contributed by atoms with Gasteiger partial charge in [-0.1, -0.05) is 65.3 Å². The molecule has 2 atom stereocenters. The van der Waals surface area contributed by atoms with Gasteiger partial charge in [-0.05, 0) is 5.92 Å². The van der Waals surface area contributed by atoms with E-state index >= 15 is 0 Å². The minimum Gasteiger partial charge on any atom is -0.342 e. The Morgan fingerprint density at radius 2 is 2.00 bits per heavy atom. The number of alkyl halides is 1. The lowest BCUT2D eigenvalue weighted by molar-refractivity contribution is 0.743. The smallest absolute Gasteiger partial charge is 0.122 e. The molecule has 0 fully saturated rings. The average Bonchev–Trinajstić information content (AvgIpc) is 2.68. The number of allylic oxidation sites excluding steroid dienone is 3. The molecule has 0 saturated heterocycles. The molecule has 3 nitrogen and oxygen atoms in total. The summed E-state index contributed by atoms with van der Waals surface area (Å²) in [5.74, 6) is 1.34. The summed E-state index contributed by atoms with van der Waals surface area (Å²) < 4.78 is 0. The lowest BCUT2D eigenvalue weighted by atomic mass is 9.90. The lowest BCUT2D eigenvalue weighted by Crippen LogP contribution is -2.28. The first-order chi connectivity index (χ1) is 10.2. The van der Waals surface area contributed by atoms with E-state index in [1.165, 1.54) is 0 Å². The molecule has 1 aliphatic heterocycles. The van der Waals surface area contributed by atoms with Gasteiger partial charge in [0.05, 0.1) is 12.3 Å². The lowest BCUT2D eigenvalue weighted by Gasteiger charge is -2.24. The summed E-state index contributed by atoms with van der Waals surface area (Å²) in [5.41, 5.74) is 4.44. The Morgan fingerprint density at radius 3 is 2.71 bits per heavy atom. The summed E-state index contributed by atoms with van der Waals surface area (Å²) in [5, 5.41) is 3.43. The summed E-state index contributed by atoms with van der Waals surface area (Å²) >= 11 is 3.74. The predicted octanol–water partition coefficient (Wildman–Crippen LogP) is 3.33. The number of benzene rings is 1. The van der Waals surface area contributed by atoms with Crippen LogP contribution in [0.3, 0.4) is 0 Å². The quantitative estimate of drug-likeness (QED) is 0.780. The fourth-order valence-electron chi connectivity index (χ4n) is 2.56. The largest absolute Gasteiger partial charge is 0.342 e. The van der Waals surface area contributed by atoms with E-state index in [-0.39, 0.29) is 0 Å². The van der Waals surface area contributed by atoms with Gasteiger partial charge in [-0.25, -0.2) is 0 Å². The molecule has 1 N–H and O–H groups in total. The van der Waals surface area contributed by atoms with Gasteiger partial charge in [0.25, 0.3) is 0 Å². The van der Waals surface area contributed by atoms with E-state index in [9.17, 15) is 0 Å². The second-order valence-corrected chi connectivity index (χ2v) is 6.35. The van der Waals surface area contributed by atoms with Crippen LogP contribution >= 0.6 is 15.9 Å². The number of amidine groups is 1. The Bertz CT molecular complexity index is 656. The van der Waals surface area contributed by atoms with Crippen LogP contribution < -0.4 is 5.32 Å². The van der Waals surface area contributed by atoms with Crippen molar-refractivity contribution < 1.29 is 0 Å². The Kier molecular flexibility index (Phi) is 4.06. The third kappa shape index (κ3) is 2.86. The maximum atomic E-state index is 4.78. The first-order valence-corrected chi connectivity index (χ1v) is 8.01. The van der Waals surface area contributed by atoms with Crippen LogP contribution in [0.15, 0.2) is 63.7 Å². The zero-order chi connectivity index (χ0) is 14.8. The zero-order valence-corrected chi connectivity index (χ0v) is 13.8. The van der Waals surface area contributed by atoms with Crippen molar-refractivity contribution >= 4 is 27.5 Å². The van der Waals surface area contributed by atoms with Crippen molar-refractivity contribution in [1.29, 1.82) is 0 Å². The molecule has 0 bridgehead atoms. The van der Waals surface area contributed by atoms with E-state index < -0.39 is 0 Å². The van der Waals surface area contributed by atoms with Crippen molar-refractivity contribution in [3.05, 3.63) is 59.3 Å². The first kappa shape index (κ1) is 14.3. The highest BCUT2D eigenvalue weighted by Gasteiger charge is 2.26. The summed E-state index contributed by atoms with van der Waals surface area (Å²) in [4.78, 5) is 9.40. The molecule has 1 aliphatic carbocycles. The van der Waals surface area contributed by atoms with Gasteiger partial charge in [0.2, 0.25) is 0 Å². The Labute approximate surface area is 133 Å². The van der Waals surface area contributed by atoms with Crippen LogP contribution in [-0.2, 0) is 0 Å². The first-order valence-electron chi connectivity index (χ1n) is 7.10. The van der Waals surface area contributed by atoms with Gasteiger partial charge in [-0.2, -0.15) is 0 Å². The number of hydrogen-bond donors (Lipinski definition) is 1. The van der Waals surface area contributed by atoms with E-state index in [0.717, 1.165) is 28.4 Å². The highest BCUT2D eigenvalue weighted by Crippen LogP contribution is 2.30. The van der Waals surface area contributed by atoms with Crippen molar-refractivity contribution in [1.82, 2.24) is 5.32 Å². The third-order valence-electron chi connectivity index (χ3n) is 3.79. The van der Waals surface area contributed by atoms with Crippen molar-refractivity contribution in [2.45, 2.75) is 11.8 Å². The van der Waals surface area contributed by atoms with E-state index in [4.69, 9.17) is 4.99 Å². The molecule has 1 aromatic rings. The molecular weight excluding hydrogens is 326 g/mol. The molecule has 0 saturated carbocycles. The molecule has 3 rings (SSSR count). The van der Waals surface area contributed by atoms with Crippen LogP contribution in [0.4, 0.5) is 0 Å². The SMILES string of the molecule is C/N=C1/CN=C(c2ccccc2)C2=CC(Br)C(C)C=C2N1. The Morgan fingerprint density at radius 1 is 1.24 bits per heavy atom. The standard InChI is InChI=1S/C17H18BrN3/c1-11-8-15-13(9-14(11)18)17(12-6-4-3-5-7-12)20-10-16(19-2)21-15/h3-9,11,14H,10H2,1-2H3,(H,19,21). The summed E-state index contributed by atoms with van der Waals surface area (Å²) in [7, 11) is 1.80. The normalized spacial score (nSPS) is 27.0. The van der Waals surface area contributed by atoms with Crippen molar-refractivity contribution in [2.24, 2.45) is 15.9 Å². The predicted molar refractivity (Wildman–Crippen MR) is 92.4 cm³/mol. The van der Waals surface area contributed by atoms with Gasteiger partial charge in [0, 0.05) is 28.7 Å². The fraction of sp³-hybridized carbons (Fsp3) is 0.294. The average molecular weight is 344 g/mol. The third-order valence-corrected chi connectivity index (χ3v) is 4.88. The van der Waals surface area contributed by atoms with Crippen LogP contribution in [0.1, 0.15) is 12.5 Å². The molecule has 1 heterocycles. The van der Waals surface area contributed by atoms with Crippen molar-refractivity contribution in [3.63, 3.8) is 0 Å². The number of aliphatic imine (C=N–C) groups is 2. The number of nitrogens with one attached hydrogen (secondary N) is 1. The summed E-state index contributed by atoms with van der Waals surface area (Å²) in [6.45, 7) is 2.78. The number of nitrogens with zero attached hydrogens (tertiary/aromatic N) is 2. The van der Waals surface area contributed by atoms with Crippen LogP contribution in [0.2, 0.25) is 0 Å². The number of hydrogen-bond acceptors (Lipinski definition) is 2. The molecule has 1 aromatic carbocycles. The topological polar surface area (TPSA) is 36.8 Å². The zero-order valence-electron chi connectivity index (χ0n) is 12.2. The molecule has 0 aromatic heterocycles. The molecule has 4 heteroatoms. The molecule has 2 aliphatic rings. The van der Waals surface area contributed by atoms with Gasteiger partial charge in [0.15, 0.2) is 0 Å². The summed E-state index contributed by atoms with van der Waals surface area (Å²) in [6.07, 6.45) is 4.50. The highest BCUT2D eigenvalue weighted by molar-refractivity contribution is 9.09. The van der Waals surface area contributed by atoms with E-state index in [2.05, 4.69) is 57.4 Å². The number of halogens is 1. The molecular formula is C17H18BrN3. The molecule has 108 valence electrons.